The van der Waals surface area contributed by atoms with Crippen LogP contribution in [0.4, 0.5) is 0 Å². The van der Waals surface area contributed by atoms with Crippen molar-refractivity contribution in [1.29, 1.82) is 0 Å². The largest absolute Gasteiger partial charge is 0.340 e. The van der Waals surface area contributed by atoms with Crippen LogP contribution in [-0.4, -0.2) is 66.2 Å². The molecule has 1 aromatic heterocycles. The Balaban J connectivity index is 1.99. The number of nitrogens with zero attached hydrogens (tertiary/aromatic N) is 3. The zero-order chi connectivity index (χ0) is 17.0. The molecule has 1 aliphatic rings. The van der Waals surface area contributed by atoms with E-state index in [4.69, 9.17) is 0 Å². The van der Waals surface area contributed by atoms with Crippen LogP contribution in [-0.2, 0) is 26.0 Å². The lowest BCUT2D eigenvalue weighted by atomic mass is 10.2. The molecule has 0 radical (unpaired) electrons. The Bertz CT molecular complexity index is 675. The highest BCUT2D eigenvalue weighted by atomic mass is 32.2. The van der Waals surface area contributed by atoms with E-state index in [1.54, 1.807) is 25.5 Å². The van der Waals surface area contributed by atoms with Gasteiger partial charge in [-0.1, -0.05) is 6.07 Å². The van der Waals surface area contributed by atoms with Gasteiger partial charge in [-0.25, -0.2) is 8.42 Å². The Morgan fingerprint density at radius 3 is 2.65 bits per heavy atom. The molecule has 2 rings (SSSR count). The van der Waals surface area contributed by atoms with Crippen molar-refractivity contribution < 1.29 is 18.0 Å². The number of amides is 2. The molecule has 2 amide bonds. The SMILES string of the molecule is CC(=O)N(CC(=O)N(C)C1CCS(=O)(=O)C1)Cc1cccnc1. The number of likely N-dealkylation sites (N-methyl/N-ethyl adjacent to an activating group) is 1. The summed E-state index contributed by atoms with van der Waals surface area (Å²) in [5.74, 6) is -0.361. The van der Waals surface area contributed by atoms with Gasteiger partial charge in [-0.3, -0.25) is 14.6 Å². The second-order valence-electron chi connectivity index (χ2n) is 5.80. The van der Waals surface area contributed by atoms with Crippen LogP contribution in [0.2, 0.25) is 0 Å². The maximum absolute atomic E-state index is 12.4. The van der Waals surface area contributed by atoms with E-state index >= 15 is 0 Å². The van der Waals surface area contributed by atoms with E-state index in [0.717, 1.165) is 5.56 Å². The van der Waals surface area contributed by atoms with E-state index < -0.39 is 9.84 Å². The minimum Gasteiger partial charge on any atom is -0.340 e. The van der Waals surface area contributed by atoms with E-state index in [9.17, 15) is 18.0 Å². The van der Waals surface area contributed by atoms with Crippen LogP contribution in [0.3, 0.4) is 0 Å². The predicted octanol–water partition coefficient (Wildman–Crippen LogP) is 0.0756. The van der Waals surface area contributed by atoms with Gasteiger partial charge in [-0.2, -0.15) is 0 Å². The predicted molar refractivity (Wildman–Crippen MR) is 85.2 cm³/mol. The van der Waals surface area contributed by atoms with Crippen LogP contribution in [0.5, 0.6) is 0 Å². The highest BCUT2D eigenvalue weighted by Crippen LogP contribution is 2.17. The van der Waals surface area contributed by atoms with Gasteiger partial charge in [0.2, 0.25) is 11.8 Å². The molecule has 0 N–H and O–H groups in total. The van der Waals surface area contributed by atoms with Crippen molar-refractivity contribution >= 4 is 21.7 Å². The molecule has 1 saturated heterocycles. The van der Waals surface area contributed by atoms with E-state index in [-0.39, 0.29) is 35.9 Å². The first-order valence-corrected chi connectivity index (χ1v) is 9.21. The topological polar surface area (TPSA) is 87.7 Å². The van der Waals surface area contributed by atoms with Crippen molar-refractivity contribution in [2.45, 2.75) is 25.9 Å². The van der Waals surface area contributed by atoms with Gasteiger partial charge in [0, 0.05) is 39.0 Å². The van der Waals surface area contributed by atoms with Crippen molar-refractivity contribution in [3.8, 4) is 0 Å². The first-order valence-electron chi connectivity index (χ1n) is 7.39. The zero-order valence-corrected chi connectivity index (χ0v) is 14.1. The third-order valence-corrected chi connectivity index (χ3v) is 5.77. The number of pyridine rings is 1. The summed E-state index contributed by atoms with van der Waals surface area (Å²) < 4.78 is 23.1. The van der Waals surface area contributed by atoms with Crippen LogP contribution >= 0.6 is 0 Å². The third-order valence-electron chi connectivity index (χ3n) is 4.02. The van der Waals surface area contributed by atoms with Crippen molar-refractivity contribution in [2.75, 3.05) is 25.1 Å². The minimum atomic E-state index is -3.05. The molecule has 0 saturated carbocycles. The average molecular weight is 339 g/mol. The van der Waals surface area contributed by atoms with Crippen LogP contribution < -0.4 is 0 Å². The van der Waals surface area contributed by atoms with Gasteiger partial charge >= 0.3 is 0 Å². The molecule has 8 heteroatoms. The van der Waals surface area contributed by atoms with Gasteiger partial charge < -0.3 is 9.80 Å². The van der Waals surface area contributed by atoms with E-state index in [2.05, 4.69) is 4.98 Å². The molecule has 2 heterocycles. The molecule has 0 spiro atoms. The Morgan fingerprint density at radius 2 is 2.13 bits per heavy atom. The van der Waals surface area contributed by atoms with Crippen LogP contribution in [0, 0.1) is 0 Å². The average Bonchev–Trinajstić information content (AvgIpc) is 2.86. The van der Waals surface area contributed by atoms with Crippen LogP contribution in [0.25, 0.3) is 0 Å². The lowest BCUT2D eigenvalue weighted by molar-refractivity contribution is -0.140. The van der Waals surface area contributed by atoms with E-state index in [1.165, 1.54) is 16.7 Å². The molecule has 7 nitrogen and oxygen atoms in total. The summed E-state index contributed by atoms with van der Waals surface area (Å²) >= 11 is 0. The van der Waals surface area contributed by atoms with Crippen LogP contribution in [0.15, 0.2) is 24.5 Å². The van der Waals surface area contributed by atoms with Gasteiger partial charge in [-0.15, -0.1) is 0 Å². The standard InChI is InChI=1S/C15H21N3O4S/c1-12(19)18(9-13-4-3-6-16-8-13)10-15(20)17(2)14-5-7-23(21,22)11-14/h3-4,6,8,14H,5,7,9-11H2,1-2H3. The Labute approximate surface area is 136 Å². The summed E-state index contributed by atoms with van der Waals surface area (Å²) in [6.07, 6.45) is 3.74. The molecular formula is C15H21N3O4S. The Kier molecular flexibility index (Phi) is 5.35. The maximum atomic E-state index is 12.4. The minimum absolute atomic E-state index is 0.00207. The third kappa shape index (κ3) is 4.75. The molecule has 0 aromatic carbocycles. The summed E-state index contributed by atoms with van der Waals surface area (Å²) in [5.41, 5.74) is 0.835. The second-order valence-corrected chi connectivity index (χ2v) is 8.03. The summed E-state index contributed by atoms with van der Waals surface area (Å²) in [5, 5.41) is 0. The van der Waals surface area contributed by atoms with Gasteiger partial charge in [0.05, 0.1) is 11.5 Å². The fourth-order valence-electron chi connectivity index (χ4n) is 2.55. The lowest BCUT2D eigenvalue weighted by Crippen LogP contribution is -2.45. The van der Waals surface area contributed by atoms with Crippen molar-refractivity contribution in [1.82, 2.24) is 14.8 Å². The Hall–Kier alpha value is -1.96. The molecule has 1 atom stereocenters. The summed E-state index contributed by atoms with van der Waals surface area (Å²) in [6.45, 7) is 1.63. The molecule has 1 unspecified atom stereocenters. The Morgan fingerprint density at radius 1 is 1.39 bits per heavy atom. The van der Waals surface area contributed by atoms with Crippen molar-refractivity contribution in [3.05, 3.63) is 30.1 Å². The fourth-order valence-corrected chi connectivity index (χ4v) is 4.32. The molecule has 0 aliphatic carbocycles. The van der Waals surface area contributed by atoms with E-state index in [1.807, 2.05) is 6.07 Å². The number of rotatable bonds is 5. The van der Waals surface area contributed by atoms with Gasteiger partial charge in [0.15, 0.2) is 9.84 Å². The quantitative estimate of drug-likeness (QED) is 0.758. The van der Waals surface area contributed by atoms with Crippen molar-refractivity contribution in [2.24, 2.45) is 0 Å². The summed E-state index contributed by atoms with van der Waals surface area (Å²) in [6, 6.07) is 3.30. The normalized spacial score (nSPS) is 19.3. The van der Waals surface area contributed by atoms with Gasteiger partial charge in [0.25, 0.3) is 0 Å². The molecule has 1 fully saturated rings. The van der Waals surface area contributed by atoms with E-state index in [0.29, 0.717) is 13.0 Å². The van der Waals surface area contributed by atoms with Crippen LogP contribution in [0.1, 0.15) is 18.9 Å². The highest BCUT2D eigenvalue weighted by molar-refractivity contribution is 7.91. The number of hydrogen-bond acceptors (Lipinski definition) is 5. The zero-order valence-electron chi connectivity index (χ0n) is 13.3. The van der Waals surface area contributed by atoms with Gasteiger partial charge in [0.1, 0.15) is 6.54 Å². The number of aromatic nitrogens is 1. The lowest BCUT2D eigenvalue weighted by Gasteiger charge is -2.27. The van der Waals surface area contributed by atoms with Crippen molar-refractivity contribution in [3.63, 3.8) is 0 Å². The fraction of sp³-hybridized carbons (Fsp3) is 0.533. The molecule has 1 aromatic rings. The molecule has 1 aliphatic heterocycles. The smallest absolute Gasteiger partial charge is 0.242 e. The first-order chi connectivity index (χ1) is 10.8. The summed E-state index contributed by atoms with van der Waals surface area (Å²) in [7, 11) is -1.46. The number of carbonyl (C=O) groups is 2. The molecular weight excluding hydrogens is 318 g/mol. The second kappa shape index (κ2) is 7.08. The van der Waals surface area contributed by atoms with Gasteiger partial charge in [-0.05, 0) is 18.1 Å². The number of hydrogen-bond donors (Lipinski definition) is 0. The number of sulfone groups is 1. The molecule has 0 bridgehead atoms. The maximum Gasteiger partial charge on any atom is 0.242 e. The highest BCUT2D eigenvalue weighted by Gasteiger charge is 2.33. The first kappa shape index (κ1) is 17.4. The molecule has 126 valence electrons. The summed E-state index contributed by atoms with van der Waals surface area (Å²) in [4.78, 5) is 31.0. The number of carbonyl (C=O) groups excluding carboxylic acids is 2. The molecule has 23 heavy (non-hydrogen) atoms. The monoisotopic (exact) mass is 339 g/mol.